The summed E-state index contributed by atoms with van der Waals surface area (Å²) in [6, 6.07) is 1.70. The standard InChI is InChI=1S/C16H22N6O3/c1-25-14-7-12(8-17-9-14)16(11-5-13(23)6-11)19-15(24)3-2-4-22-10-18-20-21-22/h7-11,13,16,23H,2-6H2,1H3,(H,19,24). The molecule has 0 bridgehead atoms. The number of carbonyl (C=O) groups excluding carboxylic acids is 1. The number of aliphatic hydroxyl groups is 1. The molecule has 0 spiro atoms. The van der Waals surface area contributed by atoms with Gasteiger partial charge in [-0.25, -0.2) is 4.68 Å². The number of methoxy groups -OCH3 is 1. The number of tetrazole rings is 1. The van der Waals surface area contributed by atoms with Crippen molar-refractivity contribution in [3.05, 3.63) is 30.4 Å². The second-order valence-electron chi connectivity index (χ2n) is 6.27. The van der Waals surface area contributed by atoms with Gasteiger partial charge in [0.2, 0.25) is 5.91 Å². The second-order valence-corrected chi connectivity index (χ2v) is 6.27. The van der Waals surface area contributed by atoms with E-state index in [0.717, 1.165) is 5.56 Å². The van der Waals surface area contributed by atoms with E-state index in [9.17, 15) is 9.90 Å². The molecule has 1 saturated carbocycles. The lowest BCUT2D eigenvalue weighted by molar-refractivity contribution is -0.123. The Morgan fingerprint density at radius 2 is 2.32 bits per heavy atom. The summed E-state index contributed by atoms with van der Waals surface area (Å²) in [6.45, 7) is 0.591. The molecule has 2 heterocycles. The zero-order valence-electron chi connectivity index (χ0n) is 14.1. The number of pyridine rings is 1. The van der Waals surface area contributed by atoms with E-state index >= 15 is 0 Å². The number of hydrogen-bond donors (Lipinski definition) is 2. The predicted molar refractivity (Wildman–Crippen MR) is 87.5 cm³/mol. The van der Waals surface area contributed by atoms with Gasteiger partial charge >= 0.3 is 0 Å². The molecule has 1 aliphatic rings. The van der Waals surface area contributed by atoms with Gasteiger partial charge in [-0.1, -0.05) is 0 Å². The van der Waals surface area contributed by atoms with E-state index in [1.165, 1.54) is 6.33 Å². The number of ether oxygens (including phenoxy) is 1. The topological polar surface area (TPSA) is 115 Å². The van der Waals surface area contributed by atoms with Gasteiger partial charge in [0.05, 0.1) is 25.5 Å². The highest BCUT2D eigenvalue weighted by atomic mass is 16.5. The quantitative estimate of drug-likeness (QED) is 0.714. The number of carbonyl (C=O) groups is 1. The Hall–Kier alpha value is -2.55. The average Bonchev–Trinajstić information content (AvgIpc) is 3.10. The molecule has 0 radical (unpaired) electrons. The third kappa shape index (κ3) is 4.50. The summed E-state index contributed by atoms with van der Waals surface area (Å²) in [7, 11) is 1.58. The zero-order chi connectivity index (χ0) is 17.6. The molecule has 9 nitrogen and oxygen atoms in total. The SMILES string of the molecule is COc1cncc(C(NC(=O)CCCn2cnnn2)C2CC(O)C2)c1. The van der Waals surface area contributed by atoms with Gasteiger partial charge in [-0.15, -0.1) is 5.10 Å². The van der Waals surface area contributed by atoms with Gasteiger partial charge in [-0.2, -0.15) is 0 Å². The van der Waals surface area contributed by atoms with Crippen molar-refractivity contribution in [3.63, 3.8) is 0 Å². The maximum absolute atomic E-state index is 12.3. The van der Waals surface area contributed by atoms with Crippen LogP contribution in [0.2, 0.25) is 0 Å². The fourth-order valence-electron chi connectivity index (χ4n) is 3.02. The molecule has 1 aliphatic carbocycles. The minimum atomic E-state index is -0.289. The van der Waals surface area contributed by atoms with E-state index in [1.54, 1.807) is 24.2 Å². The third-order valence-electron chi connectivity index (χ3n) is 4.45. The van der Waals surface area contributed by atoms with E-state index in [-0.39, 0.29) is 24.0 Å². The largest absolute Gasteiger partial charge is 0.495 e. The van der Waals surface area contributed by atoms with Crippen molar-refractivity contribution in [1.29, 1.82) is 0 Å². The molecule has 2 aromatic rings. The molecule has 25 heavy (non-hydrogen) atoms. The Bertz CT molecular complexity index is 687. The maximum Gasteiger partial charge on any atom is 0.220 e. The van der Waals surface area contributed by atoms with Crippen LogP contribution >= 0.6 is 0 Å². The highest BCUT2D eigenvalue weighted by Gasteiger charge is 2.35. The molecule has 134 valence electrons. The molecule has 2 aromatic heterocycles. The smallest absolute Gasteiger partial charge is 0.220 e. The van der Waals surface area contributed by atoms with Crippen molar-refractivity contribution in [2.75, 3.05) is 7.11 Å². The Morgan fingerprint density at radius 1 is 1.48 bits per heavy atom. The average molecular weight is 346 g/mol. The molecule has 1 fully saturated rings. The van der Waals surface area contributed by atoms with E-state index in [1.807, 2.05) is 6.07 Å². The first-order valence-electron chi connectivity index (χ1n) is 8.33. The van der Waals surface area contributed by atoms with Crippen LogP contribution in [-0.4, -0.2) is 49.4 Å². The lowest BCUT2D eigenvalue weighted by Gasteiger charge is -2.38. The van der Waals surface area contributed by atoms with Crippen LogP contribution in [0.5, 0.6) is 5.75 Å². The van der Waals surface area contributed by atoms with Gasteiger partial charge in [0.15, 0.2) is 0 Å². The highest BCUT2D eigenvalue weighted by Crippen LogP contribution is 2.38. The summed E-state index contributed by atoms with van der Waals surface area (Å²) in [5, 5.41) is 23.6. The van der Waals surface area contributed by atoms with E-state index in [2.05, 4.69) is 25.8 Å². The number of aryl methyl sites for hydroxylation is 1. The van der Waals surface area contributed by atoms with Crippen LogP contribution in [0, 0.1) is 5.92 Å². The normalized spacial score (nSPS) is 20.6. The van der Waals surface area contributed by atoms with Gasteiger partial charge in [-0.3, -0.25) is 9.78 Å². The summed E-state index contributed by atoms with van der Waals surface area (Å²) >= 11 is 0. The van der Waals surface area contributed by atoms with Crippen molar-refractivity contribution < 1.29 is 14.6 Å². The number of amides is 1. The van der Waals surface area contributed by atoms with Crippen LogP contribution in [0.1, 0.15) is 37.3 Å². The van der Waals surface area contributed by atoms with Crippen molar-refractivity contribution in [2.24, 2.45) is 5.92 Å². The molecular weight excluding hydrogens is 324 g/mol. The number of aliphatic hydroxyl groups excluding tert-OH is 1. The summed E-state index contributed by atoms with van der Waals surface area (Å²) in [5.74, 6) is 0.810. The molecule has 0 saturated heterocycles. The summed E-state index contributed by atoms with van der Waals surface area (Å²) < 4.78 is 6.82. The molecule has 0 aromatic carbocycles. The number of rotatable bonds is 8. The summed E-state index contributed by atoms with van der Waals surface area (Å²) in [4.78, 5) is 16.5. The fourth-order valence-corrected chi connectivity index (χ4v) is 3.02. The van der Waals surface area contributed by atoms with Crippen LogP contribution in [0.15, 0.2) is 24.8 Å². The Labute approximate surface area is 145 Å². The van der Waals surface area contributed by atoms with Crippen LogP contribution in [0.25, 0.3) is 0 Å². The fraction of sp³-hybridized carbons (Fsp3) is 0.562. The highest BCUT2D eigenvalue weighted by molar-refractivity contribution is 5.76. The lowest BCUT2D eigenvalue weighted by Crippen LogP contribution is -2.41. The van der Waals surface area contributed by atoms with Crippen molar-refractivity contribution >= 4 is 5.91 Å². The molecule has 1 unspecified atom stereocenters. The third-order valence-corrected chi connectivity index (χ3v) is 4.45. The molecule has 2 N–H and O–H groups in total. The summed E-state index contributed by atoms with van der Waals surface area (Å²) in [5.41, 5.74) is 0.894. The Balaban J connectivity index is 1.60. The van der Waals surface area contributed by atoms with Gasteiger partial charge in [0.1, 0.15) is 12.1 Å². The molecule has 9 heteroatoms. The van der Waals surface area contributed by atoms with Crippen LogP contribution in [-0.2, 0) is 11.3 Å². The molecule has 3 rings (SSSR count). The van der Waals surface area contributed by atoms with E-state index in [0.29, 0.717) is 38.0 Å². The first-order valence-corrected chi connectivity index (χ1v) is 8.33. The van der Waals surface area contributed by atoms with Gasteiger partial charge in [0.25, 0.3) is 0 Å². The number of hydrogen-bond acceptors (Lipinski definition) is 7. The number of nitrogens with one attached hydrogen (secondary N) is 1. The van der Waals surface area contributed by atoms with Gasteiger partial charge < -0.3 is 15.2 Å². The molecule has 0 aliphatic heterocycles. The van der Waals surface area contributed by atoms with Crippen LogP contribution in [0.4, 0.5) is 0 Å². The predicted octanol–water partition coefficient (Wildman–Crippen LogP) is 0.485. The molecule has 1 atom stereocenters. The Morgan fingerprint density at radius 3 is 3.00 bits per heavy atom. The minimum absolute atomic E-state index is 0.0396. The summed E-state index contributed by atoms with van der Waals surface area (Å²) in [6.07, 6.45) is 6.97. The first-order chi connectivity index (χ1) is 12.2. The second kappa shape index (κ2) is 8.02. The van der Waals surface area contributed by atoms with Crippen LogP contribution in [0.3, 0.4) is 0 Å². The van der Waals surface area contributed by atoms with Crippen molar-refractivity contribution in [1.82, 2.24) is 30.5 Å². The lowest BCUT2D eigenvalue weighted by atomic mass is 9.75. The van der Waals surface area contributed by atoms with Crippen molar-refractivity contribution in [3.8, 4) is 5.75 Å². The van der Waals surface area contributed by atoms with Gasteiger partial charge in [-0.05, 0) is 47.2 Å². The first kappa shape index (κ1) is 17.3. The van der Waals surface area contributed by atoms with Gasteiger partial charge in [0, 0.05) is 19.2 Å². The van der Waals surface area contributed by atoms with E-state index < -0.39 is 0 Å². The van der Waals surface area contributed by atoms with E-state index in [4.69, 9.17) is 4.74 Å². The maximum atomic E-state index is 12.3. The van der Waals surface area contributed by atoms with Crippen molar-refractivity contribution in [2.45, 2.75) is 44.4 Å². The monoisotopic (exact) mass is 346 g/mol. The molecule has 1 amide bonds. The van der Waals surface area contributed by atoms with Crippen LogP contribution < -0.4 is 10.1 Å². The zero-order valence-corrected chi connectivity index (χ0v) is 14.1. The number of nitrogens with zero attached hydrogens (tertiary/aromatic N) is 5. The molecular formula is C16H22N6O3. The minimum Gasteiger partial charge on any atom is -0.495 e. The Kier molecular flexibility index (Phi) is 5.54. The number of aromatic nitrogens is 5.